The number of likely N-dealkylation sites (N-methyl/N-ethyl adjacent to an activating group) is 1. The molecule has 6 nitrogen and oxygen atoms in total. The Balaban J connectivity index is 1.35. The molecule has 1 aliphatic heterocycles. The Bertz CT molecular complexity index is 1060. The van der Waals surface area contributed by atoms with Crippen LogP contribution in [0.2, 0.25) is 0 Å². The van der Waals surface area contributed by atoms with E-state index >= 15 is 4.39 Å². The van der Waals surface area contributed by atoms with Gasteiger partial charge in [-0.25, -0.2) is 4.39 Å². The molecule has 1 amide bonds. The highest BCUT2D eigenvalue weighted by molar-refractivity contribution is 7.09. The van der Waals surface area contributed by atoms with E-state index in [2.05, 4.69) is 10.1 Å². The molecule has 1 aromatic carbocycles. The zero-order valence-electron chi connectivity index (χ0n) is 17.5. The van der Waals surface area contributed by atoms with Crippen LogP contribution in [0.4, 0.5) is 10.1 Å². The lowest BCUT2D eigenvalue weighted by Crippen LogP contribution is -2.50. The number of aromatic nitrogens is 2. The summed E-state index contributed by atoms with van der Waals surface area (Å²) in [6.45, 7) is 1.23. The van der Waals surface area contributed by atoms with Crippen LogP contribution in [0, 0.1) is 5.82 Å². The minimum Gasteiger partial charge on any atom is -0.357 e. The molecular formula is C23H25FN4O2S. The van der Waals surface area contributed by atoms with Gasteiger partial charge >= 0.3 is 0 Å². The Hall–Kier alpha value is -2.74. The van der Waals surface area contributed by atoms with Crippen molar-refractivity contribution < 1.29 is 13.7 Å². The highest BCUT2D eigenvalue weighted by Gasteiger charge is 2.33. The SMILES string of the molecule is CN(Cc1cccs1)C(=O)C1CCCCN1c1ccc(-c2noc(C3CC3)n2)cc1F. The molecule has 2 aliphatic rings. The molecule has 8 heteroatoms. The van der Waals surface area contributed by atoms with E-state index in [1.54, 1.807) is 22.3 Å². The molecule has 0 radical (unpaired) electrons. The number of hydrogen-bond acceptors (Lipinski definition) is 6. The molecule has 1 saturated carbocycles. The number of benzene rings is 1. The van der Waals surface area contributed by atoms with E-state index < -0.39 is 0 Å². The Morgan fingerprint density at radius 3 is 2.90 bits per heavy atom. The number of rotatable bonds is 6. The van der Waals surface area contributed by atoms with Crippen molar-refractivity contribution in [3.63, 3.8) is 0 Å². The van der Waals surface area contributed by atoms with Crippen LogP contribution >= 0.6 is 11.3 Å². The van der Waals surface area contributed by atoms with Crippen LogP contribution in [-0.2, 0) is 11.3 Å². The zero-order chi connectivity index (χ0) is 21.4. The van der Waals surface area contributed by atoms with Crippen molar-refractivity contribution in [2.45, 2.75) is 50.6 Å². The Labute approximate surface area is 184 Å². The number of nitrogens with zero attached hydrogens (tertiary/aromatic N) is 4. The summed E-state index contributed by atoms with van der Waals surface area (Å²) in [6, 6.07) is 8.65. The van der Waals surface area contributed by atoms with Gasteiger partial charge in [0.2, 0.25) is 17.6 Å². The predicted octanol–water partition coefficient (Wildman–Crippen LogP) is 4.83. The molecule has 0 bridgehead atoms. The third-order valence-corrected chi connectivity index (χ3v) is 6.88. The van der Waals surface area contributed by atoms with Crippen LogP contribution in [0.3, 0.4) is 0 Å². The lowest BCUT2D eigenvalue weighted by molar-refractivity contribution is -0.132. The summed E-state index contributed by atoms with van der Waals surface area (Å²) in [5, 5.41) is 6.02. The van der Waals surface area contributed by atoms with Crippen molar-refractivity contribution in [2.75, 3.05) is 18.5 Å². The second-order valence-corrected chi connectivity index (χ2v) is 9.41. The fourth-order valence-electron chi connectivity index (χ4n) is 4.17. The van der Waals surface area contributed by atoms with Crippen molar-refractivity contribution in [3.8, 4) is 11.4 Å². The maximum Gasteiger partial charge on any atom is 0.245 e. The van der Waals surface area contributed by atoms with Crippen LogP contribution in [-0.4, -0.2) is 40.6 Å². The normalized spacial score (nSPS) is 18.9. The number of halogens is 1. The monoisotopic (exact) mass is 440 g/mol. The Kier molecular flexibility index (Phi) is 5.48. The number of piperidine rings is 1. The lowest BCUT2D eigenvalue weighted by Gasteiger charge is -2.38. The largest absolute Gasteiger partial charge is 0.357 e. The van der Waals surface area contributed by atoms with Gasteiger partial charge in [0.1, 0.15) is 11.9 Å². The van der Waals surface area contributed by atoms with E-state index in [4.69, 9.17) is 4.52 Å². The lowest BCUT2D eigenvalue weighted by atomic mass is 9.99. The average Bonchev–Trinajstić information content (AvgIpc) is 3.29. The zero-order valence-corrected chi connectivity index (χ0v) is 18.3. The number of carbonyl (C=O) groups excluding carboxylic acids is 1. The molecule has 3 aromatic rings. The van der Waals surface area contributed by atoms with Gasteiger partial charge < -0.3 is 14.3 Å². The molecule has 1 unspecified atom stereocenters. The van der Waals surface area contributed by atoms with E-state index in [0.29, 0.717) is 42.0 Å². The summed E-state index contributed by atoms with van der Waals surface area (Å²) in [5.41, 5.74) is 1.05. The summed E-state index contributed by atoms with van der Waals surface area (Å²) in [5.74, 6) is 1.07. The van der Waals surface area contributed by atoms with Gasteiger partial charge in [-0.2, -0.15) is 4.98 Å². The van der Waals surface area contributed by atoms with Gasteiger partial charge in [-0.15, -0.1) is 11.3 Å². The van der Waals surface area contributed by atoms with E-state index in [1.807, 2.05) is 35.5 Å². The predicted molar refractivity (Wildman–Crippen MR) is 117 cm³/mol. The summed E-state index contributed by atoms with van der Waals surface area (Å²) < 4.78 is 20.5. The molecule has 5 rings (SSSR count). The highest BCUT2D eigenvalue weighted by Crippen LogP contribution is 2.39. The fourth-order valence-corrected chi connectivity index (χ4v) is 4.93. The molecule has 1 saturated heterocycles. The second-order valence-electron chi connectivity index (χ2n) is 8.38. The number of hydrogen-bond donors (Lipinski definition) is 0. The quantitative estimate of drug-likeness (QED) is 0.549. The third kappa shape index (κ3) is 4.21. The summed E-state index contributed by atoms with van der Waals surface area (Å²) >= 11 is 1.63. The molecule has 2 fully saturated rings. The molecule has 2 aromatic heterocycles. The van der Waals surface area contributed by atoms with Gasteiger partial charge in [-0.1, -0.05) is 11.2 Å². The van der Waals surface area contributed by atoms with Crippen molar-refractivity contribution in [1.82, 2.24) is 15.0 Å². The molecule has 0 N–H and O–H groups in total. The molecule has 0 spiro atoms. The topological polar surface area (TPSA) is 62.5 Å². The van der Waals surface area contributed by atoms with Crippen molar-refractivity contribution in [2.24, 2.45) is 0 Å². The Morgan fingerprint density at radius 1 is 1.29 bits per heavy atom. The van der Waals surface area contributed by atoms with E-state index in [1.165, 1.54) is 6.07 Å². The van der Waals surface area contributed by atoms with Crippen molar-refractivity contribution in [1.29, 1.82) is 0 Å². The van der Waals surface area contributed by atoms with Crippen LogP contribution in [0.1, 0.15) is 48.8 Å². The maximum atomic E-state index is 15.2. The Morgan fingerprint density at radius 2 is 2.16 bits per heavy atom. The number of anilines is 1. The minimum absolute atomic E-state index is 0.0313. The maximum absolute atomic E-state index is 15.2. The molecule has 1 aliphatic carbocycles. The smallest absolute Gasteiger partial charge is 0.245 e. The van der Waals surface area contributed by atoms with E-state index in [9.17, 15) is 4.79 Å². The average molecular weight is 441 g/mol. The summed E-state index contributed by atoms with van der Waals surface area (Å²) in [6.07, 6.45) is 4.77. The first-order valence-electron chi connectivity index (χ1n) is 10.8. The first-order chi connectivity index (χ1) is 15.1. The molecular weight excluding hydrogens is 415 g/mol. The van der Waals surface area contributed by atoms with Gasteiger partial charge in [-0.3, -0.25) is 4.79 Å². The molecule has 1 atom stereocenters. The number of thiophene rings is 1. The van der Waals surface area contributed by atoms with Crippen LogP contribution in [0.15, 0.2) is 40.2 Å². The second kappa shape index (κ2) is 8.42. The first kappa shape index (κ1) is 20.2. The van der Waals surface area contributed by atoms with Crippen LogP contribution < -0.4 is 4.90 Å². The molecule has 3 heterocycles. The van der Waals surface area contributed by atoms with Crippen LogP contribution in [0.5, 0.6) is 0 Å². The van der Waals surface area contributed by atoms with Gasteiger partial charge in [0.15, 0.2) is 0 Å². The standard InChI is InChI=1S/C23H25FN4O2S/c1-27(14-17-5-4-12-31-17)23(29)20-6-2-3-11-28(20)19-10-9-16(13-18(19)24)21-25-22(30-26-21)15-7-8-15/h4-5,9-10,12-13,15,20H,2-3,6-8,11,14H2,1H3. The first-order valence-corrected chi connectivity index (χ1v) is 11.7. The van der Waals surface area contributed by atoms with E-state index in [0.717, 1.165) is 37.0 Å². The van der Waals surface area contributed by atoms with Crippen molar-refractivity contribution in [3.05, 3.63) is 52.3 Å². The minimum atomic E-state index is -0.365. The van der Waals surface area contributed by atoms with Gasteiger partial charge in [0, 0.05) is 30.0 Å². The molecule has 31 heavy (non-hydrogen) atoms. The van der Waals surface area contributed by atoms with Crippen molar-refractivity contribution >= 4 is 22.9 Å². The third-order valence-electron chi connectivity index (χ3n) is 6.02. The summed E-state index contributed by atoms with van der Waals surface area (Å²) in [7, 11) is 1.82. The summed E-state index contributed by atoms with van der Waals surface area (Å²) in [4.78, 5) is 22.4. The fraction of sp³-hybridized carbons (Fsp3) is 0.435. The molecule has 162 valence electrons. The van der Waals surface area contributed by atoms with E-state index in [-0.39, 0.29) is 17.8 Å². The van der Waals surface area contributed by atoms with Gasteiger partial charge in [0.05, 0.1) is 12.2 Å². The van der Waals surface area contributed by atoms with Gasteiger partial charge in [0.25, 0.3) is 0 Å². The number of amides is 1. The number of carbonyl (C=O) groups is 1. The van der Waals surface area contributed by atoms with Crippen LogP contribution in [0.25, 0.3) is 11.4 Å². The highest BCUT2D eigenvalue weighted by atomic mass is 32.1. The van der Waals surface area contributed by atoms with Gasteiger partial charge in [-0.05, 0) is 61.7 Å².